The van der Waals surface area contributed by atoms with Crippen molar-refractivity contribution in [1.82, 2.24) is 4.57 Å². The van der Waals surface area contributed by atoms with Crippen LogP contribution >= 0.6 is 0 Å². The first-order chi connectivity index (χ1) is 10.1. The summed E-state index contributed by atoms with van der Waals surface area (Å²) in [5, 5.41) is 8.84. The minimum atomic E-state index is -0.634. The van der Waals surface area contributed by atoms with Crippen molar-refractivity contribution in [2.75, 3.05) is 5.73 Å². The van der Waals surface area contributed by atoms with Gasteiger partial charge in [0, 0.05) is 11.3 Å². The van der Waals surface area contributed by atoms with Crippen LogP contribution in [0.1, 0.15) is 11.1 Å². The van der Waals surface area contributed by atoms with E-state index < -0.39 is 11.6 Å². The Morgan fingerprint density at radius 3 is 2.90 bits per heavy atom. The molecule has 0 radical (unpaired) electrons. The normalized spacial score (nSPS) is 10.7. The molecule has 0 bridgehead atoms. The second kappa shape index (κ2) is 4.80. The third-order valence-electron chi connectivity index (χ3n) is 3.22. The van der Waals surface area contributed by atoms with E-state index in [2.05, 4.69) is 0 Å². The van der Waals surface area contributed by atoms with E-state index in [1.807, 2.05) is 0 Å². The van der Waals surface area contributed by atoms with Gasteiger partial charge in [0.25, 0.3) is 0 Å². The van der Waals surface area contributed by atoms with Gasteiger partial charge in [-0.2, -0.15) is 5.26 Å². The smallest absolute Gasteiger partial charge is 0.408 e. The van der Waals surface area contributed by atoms with Gasteiger partial charge in [0.1, 0.15) is 11.9 Å². The van der Waals surface area contributed by atoms with Crippen molar-refractivity contribution >= 4 is 16.8 Å². The maximum atomic E-state index is 14.1. The Hall–Kier alpha value is -3.07. The third-order valence-corrected chi connectivity index (χ3v) is 3.22. The molecule has 6 heteroatoms. The highest BCUT2D eigenvalue weighted by Crippen LogP contribution is 2.19. The first-order valence-corrected chi connectivity index (χ1v) is 6.16. The fourth-order valence-corrected chi connectivity index (χ4v) is 2.19. The Labute approximate surface area is 118 Å². The van der Waals surface area contributed by atoms with Gasteiger partial charge in [-0.05, 0) is 24.3 Å². The van der Waals surface area contributed by atoms with Crippen LogP contribution in [0.2, 0.25) is 0 Å². The number of hydrogen-bond donors (Lipinski definition) is 1. The monoisotopic (exact) mass is 283 g/mol. The highest BCUT2D eigenvalue weighted by molar-refractivity contribution is 5.77. The summed E-state index contributed by atoms with van der Waals surface area (Å²) in [6, 6.07) is 11.0. The predicted molar refractivity (Wildman–Crippen MR) is 75.1 cm³/mol. The van der Waals surface area contributed by atoms with Crippen molar-refractivity contribution in [3.05, 3.63) is 63.9 Å². The highest BCUT2D eigenvalue weighted by Gasteiger charge is 2.13. The van der Waals surface area contributed by atoms with Crippen molar-refractivity contribution in [2.45, 2.75) is 6.54 Å². The molecule has 3 aromatic rings. The SMILES string of the molecule is N#Cc1cccc(Cn2c(=O)oc3ccc(N)cc32)c1F. The molecule has 0 saturated carbocycles. The lowest BCUT2D eigenvalue weighted by Crippen LogP contribution is -2.16. The number of halogens is 1. The highest BCUT2D eigenvalue weighted by atomic mass is 19.1. The van der Waals surface area contributed by atoms with E-state index >= 15 is 0 Å². The summed E-state index contributed by atoms with van der Waals surface area (Å²) >= 11 is 0. The number of aromatic nitrogens is 1. The van der Waals surface area contributed by atoms with E-state index in [0.29, 0.717) is 16.8 Å². The van der Waals surface area contributed by atoms with Crippen LogP contribution in [0.15, 0.2) is 45.6 Å². The van der Waals surface area contributed by atoms with Gasteiger partial charge < -0.3 is 10.2 Å². The second-order valence-corrected chi connectivity index (χ2v) is 4.57. The number of nitrogen functional groups attached to an aromatic ring is 1. The minimum absolute atomic E-state index is 0.0311. The molecule has 21 heavy (non-hydrogen) atoms. The number of nitrogens with zero attached hydrogens (tertiary/aromatic N) is 2. The van der Waals surface area contributed by atoms with E-state index in [4.69, 9.17) is 15.4 Å². The summed E-state index contributed by atoms with van der Waals surface area (Å²) in [6.07, 6.45) is 0. The van der Waals surface area contributed by atoms with Crippen LogP contribution in [0.3, 0.4) is 0 Å². The number of hydrogen-bond acceptors (Lipinski definition) is 4. The van der Waals surface area contributed by atoms with Gasteiger partial charge in [0.15, 0.2) is 5.58 Å². The second-order valence-electron chi connectivity index (χ2n) is 4.57. The van der Waals surface area contributed by atoms with Crippen LogP contribution in [-0.4, -0.2) is 4.57 Å². The molecule has 0 unspecified atom stereocenters. The zero-order chi connectivity index (χ0) is 15.0. The third kappa shape index (κ3) is 2.15. The van der Waals surface area contributed by atoms with Crippen LogP contribution in [0.5, 0.6) is 0 Å². The topological polar surface area (TPSA) is 85.0 Å². The van der Waals surface area contributed by atoms with Crippen LogP contribution in [0.25, 0.3) is 11.1 Å². The van der Waals surface area contributed by atoms with Gasteiger partial charge in [0.2, 0.25) is 0 Å². The molecule has 5 nitrogen and oxygen atoms in total. The lowest BCUT2D eigenvalue weighted by atomic mass is 10.1. The number of rotatable bonds is 2. The molecule has 0 fully saturated rings. The molecule has 1 heterocycles. The van der Waals surface area contributed by atoms with Crippen LogP contribution in [0, 0.1) is 17.1 Å². The van der Waals surface area contributed by atoms with E-state index in [1.54, 1.807) is 30.3 Å². The summed E-state index contributed by atoms with van der Waals surface area (Å²) in [5.74, 6) is -1.23. The summed E-state index contributed by atoms with van der Waals surface area (Å²) in [7, 11) is 0. The molecule has 0 aliphatic carbocycles. The molecule has 2 N–H and O–H groups in total. The van der Waals surface area contributed by atoms with E-state index in [0.717, 1.165) is 0 Å². The van der Waals surface area contributed by atoms with E-state index in [-0.39, 0.29) is 17.7 Å². The molecule has 0 amide bonds. The van der Waals surface area contributed by atoms with Gasteiger partial charge >= 0.3 is 5.76 Å². The Kier molecular flexibility index (Phi) is 2.95. The van der Waals surface area contributed by atoms with Crippen molar-refractivity contribution in [2.24, 2.45) is 0 Å². The fourth-order valence-electron chi connectivity index (χ4n) is 2.19. The van der Waals surface area contributed by atoms with Crippen molar-refractivity contribution in [3.8, 4) is 6.07 Å². The number of nitrogens with two attached hydrogens (primary N) is 1. The standard InChI is InChI=1S/C15H10FN3O2/c16-14-9(7-17)2-1-3-10(14)8-19-12-6-11(18)4-5-13(12)21-15(19)20/h1-6H,8,18H2. The predicted octanol–water partition coefficient (Wildman–Crippen LogP) is 2.24. The largest absolute Gasteiger partial charge is 0.420 e. The maximum absolute atomic E-state index is 14.1. The summed E-state index contributed by atoms with van der Waals surface area (Å²) in [5.41, 5.74) is 7.22. The van der Waals surface area contributed by atoms with Crippen LogP contribution in [0.4, 0.5) is 10.1 Å². The minimum Gasteiger partial charge on any atom is -0.408 e. The van der Waals surface area contributed by atoms with Crippen molar-refractivity contribution in [1.29, 1.82) is 5.26 Å². The fraction of sp³-hybridized carbons (Fsp3) is 0.0667. The molecule has 0 aliphatic rings. The number of anilines is 1. The molecule has 0 spiro atoms. The van der Waals surface area contributed by atoms with Crippen molar-refractivity contribution in [3.63, 3.8) is 0 Å². The molecule has 3 rings (SSSR count). The maximum Gasteiger partial charge on any atom is 0.420 e. The molecule has 0 atom stereocenters. The number of nitriles is 1. The van der Waals surface area contributed by atoms with Gasteiger partial charge in [-0.3, -0.25) is 4.57 Å². The Morgan fingerprint density at radius 1 is 1.33 bits per heavy atom. The molecule has 104 valence electrons. The van der Waals surface area contributed by atoms with Gasteiger partial charge in [0.05, 0.1) is 17.6 Å². The zero-order valence-corrected chi connectivity index (χ0v) is 10.8. The quantitative estimate of drug-likeness (QED) is 0.731. The summed E-state index contributed by atoms with van der Waals surface area (Å²) in [6.45, 7) is -0.0311. The number of benzene rings is 2. The summed E-state index contributed by atoms with van der Waals surface area (Å²) in [4.78, 5) is 11.9. The van der Waals surface area contributed by atoms with Gasteiger partial charge in [-0.15, -0.1) is 0 Å². The van der Waals surface area contributed by atoms with E-state index in [1.165, 1.54) is 16.7 Å². The first-order valence-electron chi connectivity index (χ1n) is 6.16. The Bertz CT molecular complexity index is 934. The zero-order valence-electron chi connectivity index (χ0n) is 10.8. The van der Waals surface area contributed by atoms with Crippen molar-refractivity contribution < 1.29 is 8.81 Å². The van der Waals surface area contributed by atoms with Gasteiger partial charge in [-0.1, -0.05) is 12.1 Å². The number of oxazole rings is 1. The molecular formula is C15H10FN3O2. The molecule has 0 aliphatic heterocycles. The lowest BCUT2D eigenvalue weighted by Gasteiger charge is -2.05. The Balaban J connectivity index is 2.15. The molecule has 1 aromatic heterocycles. The van der Waals surface area contributed by atoms with E-state index in [9.17, 15) is 9.18 Å². The molecule has 0 saturated heterocycles. The average molecular weight is 283 g/mol. The van der Waals surface area contributed by atoms with Crippen LogP contribution in [-0.2, 0) is 6.54 Å². The number of fused-ring (bicyclic) bond motifs is 1. The molecular weight excluding hydrogens is 273 g/mol. The molecule has 2 aromatic carbocycles. The Morgan fingerprint density at radius 2 is 2.14 bits per heavy atom. The summed E-state index contributed by atoms with van der Waals surface area (Å²) < 4.78 is 20.5. The lowest BCUT2D eigenvalue weighted by molar-refractivity contribution is 0.512. The first kappa shape index (κ1) is 12.9. The average Bonchev–Trinajstić information content (AvgIpc) is 2.77. The van der Waals surface area contributed by atoms with Gasteiger partial charge in [-0.25, -0.2) is 9.18 Å². The van der Waals surface area contributed by atoms with Crippen LogP contribution < -0.4 is 11.5 Å².